The molecule has 2 saturated heterocycles. The topological polar surface area (TPSA) is 35.5 Å². The van der Waals surface area contributed by atoms with Gasteiger partial charge >= 0.3 is 0 Å². The zero-order valence-electron chi connectivity index (χ0n) is 16.0. The van der Waals surface area contributed by atoms with E-state index in [0.717, 1.165) is 57.6 Å². The lowest BCUT2D eigenvalue weighted by Gasteiger charge is -2.35. The van der Waals surface area contributed by atoms with Crippen LogP contribution in [0.3, 0.4) is 0 Å². The molecule has 2 aliphatic heterocycles. The average Bonchev–Trinajstić information content (AvgIpc) is 2.76. The summed E-state index contributed by atoms with van der Waals surface area (Å²) in [4.78, 5) is 16.6. The molecule has 5 heteroatoms. The van der Waals surface area contributed by atoms with E-state index in [1.165, 1.54) is 24.8 Å². The highest BCUT2D eigenvalue weighted by molar-refractivity contribution is 5.49. The molecule has 2 fully saturated rings. The number of anilines is 2. The maximum Gasteiger partial charge on any atom is 0.227 e. The largest absolute Gasteiger partial charge is 0.354 e. The molecular weight excluding hydrogens is 334 g/mol. The minimum absolute atomic E-state index is 0.903. The van der Waals surface area contributed by atoms with E-state index in [9.17, 15) is 0 Å². The summed E-state index contributed by atoms with van der Waals surface area (Å²) < 4.78 is 0. The minimum atomic E-state index is 0.903. The highest BCUT2D eigenvalue weighted by atomic mass is 15.3. The lowest BCUT2D eigenvalue weighted by Crippen LogP contribution is -2.46. The summed E-state index contributed by atoms with van der Waals surface area (Å²) >= 11 is 0. The molecule has 0 bridgehead atoms. The number of hydrogen-bond donors (Lipinski definition) is 0. The van der Waals surface area contributed by atoms with Gasteiger partial charge in [-0.05, 0) is 30.9 Å². The quantitative estimate of drug-likeness (QED) is 0.814. The summed E-state index contributed by atoms with van der Waals surface area (Å²) in [5.41, 5.74) is 1.27. The Labute approximate surface area is 162 Å². The van der Waals surface area contributed by atoms with Crippen molar-refractivity contribution in [2.75, 3.05) is 55.6 Å². The van der Waals surface area contributed by atoms with Gasteiger partial charge in [0, 0.05) is 52.0 Å². The molecule has 0 atom stereocenters. The summed E-state index contributed by atoms with van der Waals surface area (Å²) in [6, 6.07) is 12.6. The molecule has 0 spiro atoms. The van der Waals surface area contributed by atoms with Crippen molar-refractivity contribution in [1.82, 2.24) is 14.9 Å². The van der Waals surface area contributed by atoms with Crippen LogP contribution >= 0.6 is 0 Å². The number of piperidine rings is 1. The fourth-order valence-corrected chi connectivity index (χ4v) is 3.82. The predicted octanol–water partition coefficient (Wildman–Crippen LogP) is 3.30. The first-order valence-electron chi connectivity index (χ1n) is 10.2. The lowest BCUT2D eigenvalue weighted by molar-refractivity contribution is 0.283. The Morgan fingerprint density at radius 3 is 2.37 bits per heavy atom. The monoisotopic (exact) mass is 363 g/mol. The lowest BCUT2D eigenvalue weighted by atomic mass is 10.1. The van der Waals surface area contributed by atoms with Crippen LogP contribution in [0.5, 0.6) is 0 Å². The van der Waals surface area contributed by atoms with Crippen molar-refractivity contribution in [3.8, 4) is 0 Å². The third-order valence-corrected chi connectivity index (χ3v) is 5.44. The van der Waals surface area contributed by atoms with Crippen LogP contribution < -0.4 is 9.80 Å². The van der Waals surface area contributed by atoms with E-state index in [-0.39, 0.29) is 0 Å². The van der Waals surface area contributed by atoms with E-state index in [2.05, 4.69) is 68.2 Å². The highest BCUT2D eigenvalue weighted by Gasteiger charge is 2.19. The summed E-state index contributed by atoms with van der Waals surface area (Å²) in [5.74, 6) is 1.98. The van der Waals surface area contributed by atoms with E-state index in [1.54, 1.807) is 0 Å². The van der Waals surface area contributed by atoms with Gasteiger partial charge in [0.05, 0.1) is 0 Å². The summed E-state index contributed by atoms with van der Waals surface area (Å²) in [5, 5.41) is 0. The summed E-state index contributed by atoms with van der Waals surface area (Å²) in [7, 11) is 0. The fraction of sp³-hybridized carbons (Fsp3) is 0.455. The Morgan fingerprint density at radius 1 is 0.815 bits per heavy atom. The molecule has 0 unspecified atom stereocenters. The van der Waals surface area contributed by atoms with Crippen LogP contribution in [0, 0.1) is 0 Å². The van der Waals surface area contributed by atoms with Crippen LogP contribution in [0.2, 0.25) is 0 Å². The number of benzene rings is 1. The Bertz CT molecular complexity index is 731. The van der Waals surface area contributed by atoms with Gasteiger partial charge in [-0.3, -0.25) is 4.90 Å². The second-order valence-electron chi connectivity index (χ2n) is 7.36. The van der Waals surface area contributed by atoms with Gasteiger partial charge in [-0.2, -0.15) is 4.98 Å². The number of nitrogens with zero attached hydrogens (tertiary/aromatic N) is 5. The third kappa shape index (κ3) is 4.86. The number of rotatable bonds is 5. The maximum atomic E-state index is 4.86. The van der Waals surface area contributed by atoms with Gasteiger partial charge < -0.3 is 9.80 Å². The van der Waals surface area contributed by atoms with Crippen LogP contribution in [-0.2, 0) is 0 Å². The normalized spacial score (nSPS) is 19.0. The predicted molar refractivity (Wildman–Crippen MR) is 112 cm³/mol. The fourth-order valence-electron chi connectivity index (χ4n) is 3.82. The average molecular weight is 364 g/mol. The molecule has 1 aromatic heterocycles. The maximum absolute atomic E-state index is 4.86. The Morgan fingerprint density at radius 2 is 1.59 bits per heavy atom. The van der Waals surface area contributed by atoms with Crippen molar-refractivity contribution in [3.63, 3.8) is 0 Å². The van der Waals surface area contributed by atoms with Gasteiger partial charge in [0.2, 0.25) is 5.95 Å². The van der Waals surface area contributed by atoms with Crippen LogP contribution in [0.15, 0.2) is 48.7 Å². The molecule has 27 heavy (non-hydrogen) atoms. The van der Waals surface area contributed by atoms with E-state index in [4.69, 9.17) is 4.98 Å². The summed E-state index contributed by atoms with van der Waals surface area (Å²) in [6.45, 7) is 7.37. The summed E-state index contributed by atoms with van der Waals surface area (Å²) in [6.07, 6.45) is 10.2. The van der Waals surface area contributed by atoms with E-state index >= 15 is 0 Å². The Balaban J connectivity index is 1.29. The van der Waals surface area contributed by atoms with Gasteiger partial charge in [0.25, 0.3) is 0 Å². The van der Waals surface area contributed by atoms with Crippen molar-refractivity contribution in [2.45, 2.75) is 19.3 Å². The SMILES string of the molecule is C(=C\c1ccccc1)/CN1CCN(c2ccnc(N3CCCCC3)n2)CC1. The highest BCUT2D eigenvalue weighted by Crippen LogP contribution is 2.19. The third-order valence-electron chi connectivity index (χ3n) is 5.44. The Hall–Kier alpha value is -2.40. The molecule has 5 nitrogen and oxygen atoms in total. The van der Waals surface area contributed by atoms with Crippen molar-refractivity contribution in [3.05, 3.63) is 54.2 Å². The van der Waals surface area contributed by atoms with E-state index in [1.807, 2.05) is 6.20 Å². The minimum Gasteiger partial charge on any atom is -0.354 e. The first kappa shape index (κ1) is 18.0. The zero-order valence-corrected chi connectivity index (χ0v) is 16.0. The van der Waals surface area contributed by atoms with Crippen molar-refractivity contribution >= 4 is 17.8 Å². The van der Waals surface area contributed by atoms with Crippen molar-refractivity contribution in [1.29, 1.82) is 0 Å². The second kappa shape index (κ2) is 9.00. The van der Waals surface area contributed by atoms with Crippen molar-refractivity contribution in [2.24, 2.45) is 0 Å². The van der Waals surface area contributed by atoms with Gasteiger partial charge in [0.15, 0.2) is 0 Å². The van der Waals surface area contributed by atoms with Crippen molar-refractivity contribution < 1.29 is 0 Å². The van der Waals surface area contributed by atoms with Crippen LogP contribution in [0.4, 0.5) is 11.8 Å². The number of piperazine rings is 1. The van der Waals surface area contributed by atoms with Gasteiger partial charge in [-0.25, -0.2) is 4.98 Å². The molecule has 3 heterocycles. The van der Waals surface area contributed by atoms with E-state index < -0.39 is 0 Å². The second-order valence-corrected chi connectivity index (χ2v) is 7.36. The molecule has 142 valence electrons. The standard InChI is InChI=1S/C22H29N5/c1-3-8-20(9-4-1)10-7-13-25-16-18-26(19-17-25)21-11-12-23-22(24-21)27-14-5-2-6-15-27/h1,3-4,7-12H,2,5-6,13-19H2/b10-7+. The molecule has 2 aromatic rings. The molecule has 0 saturated carbocycles. The molecule has 0 radical (unpaired) electrons. The molecule has 0 N–H and O–H groups in total. The smallest absolute Gasteiger partial charge is 0.227 e. The molecule has 0 aliphatic carbocycles. The van der Waals surface area contributed by atoms with Gasteiger partial charge in [-0.1, -0.05) is 42.5 Å². The first-order valence-corrected chi connectivity index (χ1v) is 10.2. The van der Waals surface area contributed by atoms with E-state index in [0.29, 0.717) is 0 Å². The number of aromatic nitrogens is 2. The van der Waals surface area contributed by atoms with Gasteiger partial charge in [-0.15, -0.1) is 0 Å². The Kier molecular flexibility index (Phi) is 5.99. The molecule has 1 aromatic carbocycles. The molecule has 0 amide bonds. The molecule has 4 rings (SSSR count). The van der Waals surface area contributed by atoms with Crippen LogP contribution in [-0.4, -0.2) is 60.7 Å². The van der Waals surface area contributed by atoms with Crippen LogP contribution in [0.25, 0.3) is 6.08 Å². The molecular formula is C22H29N5. The zero-order chi connectivity index (χ0) is 18.3. The number of hydrogen-bond acceptors (Lipinski definition) is 5. The molecule has 2 aliphatic rings. The van der Waals surface area contributed by atoms with Gasteiger partial charge in [0.1, 0.15) is 5.82 Å². The van der Waals surface area contributed by atoms with Crippen LogP contribution in [0.1, 0.15) is 24.8 Å². The first-order chi connectivity index (χ1) is 13.4.